The monoisotopic (exact) mass is 185 g/mol. The summed E-state index contributed by atoms with van der Waals surface area (Å²) in [7, 11) is 0. The summed E-state index contributed by atoms with van der Waals surface area (Å²) in [4.78, 5) is 0. The molecule has 0 radical (unpaired) electrons. The Balaban J connectivity index is 4.53. The van der Waals surface area contributed by atoms with E-state index in [1.54, 1.807) is 0 Å². The van der Waals surface area contributed by atoms with Crippen LogP contribution in [-0.4, -0.2) is 12.1 Å². The molecule has 13 heavy (non-hydrogen) atoms. The quantitative estimate of drug-likeness (QED) is 0.707. The second-order valence-electron chi connectivity index (χ2n) is 5.71. The summed E-state index contributed by atoms with van der Waals surface area (Å²) in [5.74, 6) is 0.753. The molecule has 0 saturated carbocycles. The fourth-order valence-corrected chi connectivity index (χ4v) is 1.85. The first-order chi connectivity index (χ1) is 5.73. The van der Waals surface area contributed by atoms with Crippen LogP contribution in [0.2, 0.25) is 0 Å². The second kappa shape index (κ2) is 4.45. The molecular weight excluding hydrogens is 158 g/mol. The normalized spacial score (nSPS) is 17.5. The third-order valence-corrected chi connectivity index (χ3v) is 3.04. The van der Waals surface area contributed by atoms with E-state index in [0.29, 0.717) is 5.41 Å². The van der Waals surface area contributed by atoms with Gasteiger partial charge >= 0.3 is 0 Å². The van der Waals surface area contributed by atoms with Gasteiger partial charge in [0.2, 0.25) is 0 Å². The molecular formula is C12H27N. The largest absolute Gasteiger partial charge is 0.311 e. The van der Waals surface area contributed by atoms with Crippen LogP contribution in [0.1, 0.15) is 54.9 Å². The zero-order valence-corrected chi connectivity index (χ0v) is 10.5. The van der Waals surface area contributed by atoms with Gasteiger partial charge in [0.05, 0.1) is 0 Å². The Hall–Kier alpha value is -0.0400. The van der Waals surface area contributed by atoms with Gasteiger partial charge in [0.1, 0.15) is 0 Å². The topological polar surface area (TPSA) is 12.0 Å². The van der Waals surface area contributed by atoms with Gasteiger partial charge < -0.3 is 5.32 Å². The highest BCUT2D eigenvalue weighted by Crippen LogP contribution is 2.34. The Bertz CT molecular complexity index is 144. The Labute approximate surface area is 84.3 Å². The maximum absolute atomic E-state index is 3.63. The van der Waals surface area contributed by atoms with E-state index in [1.165, 1.54) is 6.42 Å². The molecule has 1 heteroatoms. The highest BCUT2D eigenvalue weighted by atomic mass is 15.0. The Kier molecular flexibility index (Phi) is 4.44. The summed E-state index contributed by atoms with van der Waals surface area (Å²) in [5.41, 5.74) is 0.587. The molecule has 0 unspecified atom stereocenters. The third-order valence-electron chi connectivity index (χ3n) is 3.04. The molecule has 0 fully saturated rings. The molecule has 0 heterocycles. The average Bonchev–Trinajstić information content (AvgIpc) is 1.82. The van der Waals surface area contributed by atoms with Crippen LogP contribution < -0.4 is 5.32 Å². The van der Waals surface area contributed by atoms with Gasteiger partial charge in [-0.05, 0) is 31.2 Å². The molecule has 80 valence electrons. The highest BCUT2D eigenvalue weighted by Gasteiger charge is 2.36. The van der Waals surface area contributed by atoms with Gasteiger partial charge in [-0.2, -0.15) is 0 Å². The number of hydrogen-bond acceptors (Lipinski definition) is 1. The maximum atomic E-state index is 3.63. The van der Waals surface area contributed by atoms with Crippen molar-refractivity contribution >= 4 is 0 Å². The first-order valence-corrected chi connectivity index (χ1v) is 5.48. The first kappa shape index (κ1) is 13.0. The van der Waals surface area contributed by atoms with Gasteiger partial charge in [-0.3, -0.25) is 0 Å². The minimum absolute atomic E-state index is 0.260. The summed E-state index contributed by atoms with van der Waals surface area (Å²) < 4.78 is 0. The number of hydrogen-bond donors (Lipinski definition) is 1. The van der Waals surface area contributed by atoms with Crippen molar-refractivity contribution < 1.29 is 0 Å². The Morgan fingerprint density at radius 2 is 1.54 bits per heavy atom. The molecule has 0 bridgehead atoms. The van der Waals surface area contributed by atoms with Crippen LogP contribution in [0.25, 0.3) is 0 Å². The van der Waals surface area contributed by atoms with Gasteiger partial charge in [-0.1, -0.05) is 41.5 Å². The van der Waals surface area contributed by atoms with E-state index in [0.717, 1.165) is 12.5 Å². The van der Waals surface area contributed by atoms with Crippen molar-refractivity contribution in [2.24, 2.45) is 11.3 Å². The molecule has 0 aliphatic rings. The third kappa shape index (κ3) is 3.68. The van der Waals surface area contributed by atoms with Crippen LogP contribution in [-0.2, 0) is 0 Å². The van der Waals surface area contributed by atoms with Gasteiger partial charge in [0, 0.05) is 5.54 Å². The summed E-state index contributed by atoms with van der Waals surface area (Å²) >= 11 is 0. The van der Waals surface area contributed by atoms with Crippen molar-refractivity contribution in [2.75, 3.05) is 6.54 Å². The summed E-state index contributed by atoms with van der Waals surface area (Å²) in [6, 6.07) is 0. The molecule has 0 amide bonds. The predicted octanol–water partition coefficient (Wildman–Crippen LogP) is 3.45. The second-order valence-corrected chi connectivity index (χ2v) is 5.71. The molecule has 0 aliphatic carbocycles. The zero-order valence-electron chi connectivity index (χ0n) is 10.5. The van der Waals surface area contributed by atoms with Crippen LogP contribution in [0.15, 0.2) is 0 Å². The Morgan fingerprint density at radius 3 is 1.77 bits per heavy atom. The molecule has 0 rings (SSSR count). The lowest BCUT2D eigenvalue weighted by Crippen LogP contribution is -2.53. The van der Waals surface area contributed by atoms with Crippen molar-refractivity contribution in [3.8, 4) is 0 Å². The SMILES string of the molecule is CCN[C@@](C)(CC(C)C)C(C)(C)C. The van der Waals surface area contributed by atoms with E-state index >= 15 is 0 Å². The fourth-order valence-electron chi connectivity index (χ4n) is 1.85. The molecule has 1 nitrogen and oxygen atoms in total. The molecule has 0 aromatic carbocycles. The Morgan fingerprint density at radius 1 is 1.08 bits per heavy atom. The molecule has 1 N–H and O–H groups in total. The van der Waals surface area contributed by atoms with Crippen molar-refractivity contribution in [3.63, 3.8) is 0 Å². The summed E-state index contributed by atoms with van der Waals surface area (Å²) in [6.07, 6.45) is 1.24. The van der Waals surface area contributed by atoms with Gasteiger partial charge in [-0.15, -0.1) is 0 Å². The van der Waals surface area contributed by atoms with Crippen molar-refractivity contribution in [2.45, 2.75) is 60.4 Å². The molecule has 0 saturated heterocycles. The molecule has 0 aromatic rings. The van der Waals surface area contributed by atoms with Gasteiger partial charge in [-0.25, -0.2) is 0 Å². The predicted molar refractivity (Wildman–Crippen MR) is 61.0 cm³/mol. The molecule has 0 aliphatic heterocycles. The molecule has 0 aromatic heterocycles. The molecule has 0 spiro atoms. The lowest BCUT2D eigenvalue weighted by Gasteiger charge is -2.44. The first-order valence-electron chi connectivity index (χ1n) is 5.48. The number of nitrogens with one attached hydrogen (secondary N) is 1. The van der Waals surface area contributed by atoms with E-state index in [9.17, 15) is 0 Å². The highest BCUT2D eigenvalue weighted by molar-refractivity contribution is 4.94. The lowest BCUT2D eigenvalue weighted by atomic mass is 9.70. The van der Waals surface area contributed by atoms with Gasteiger partial charge in [0.15, 0.2) is 0 Å². The minimum atomic E-state index is 0.260. The van der Waals surface area contributed by atoms with E-state index in [-0.39, 0.29) is 5.54 Å². The van der Waals surface area contributed by atoms with Crippen molar-refractivity contribution in [3.05, 3.63) is 0 Å². The van der Waals surface area contributed by atoms with Crippen LogP contribution in [0, 0.1) is 11.3 Å². The minimum Gasteiger partial charge on any atom is -0.311 e. The zero-order chi connectivity index (χ0) is 10.7. The van der Waals surface area contributed by atoms with E-state index < -0.39 is 0 Å². The smallest absolute Gasteiger partial charge is 0.0203 e. The van der Waals surface area contributed by atoms with E-state index in [4.69, 9.17) is 0 Å². The van der Waals surface area contributed by atoms with E-state index in [1.807, 2.05) is 0 Å². The summed E-state index contributed by atoms with van der Waals surface area (Å²) in [6.45, 7) is 17.1. The molecule has 1 atom stereocenters. The van der Waals surface area contributed by atoms with Crippen molar-refractivity contribution in [1.82, 2.24) is 5.32 Å². The fraction of sp³-hybridized carbons (Fsp3) is 1.00. The van der Waals surface area contributed by atoms with Crippen molar-refractivity contribution in [1.29, 1.82) is 0 Å². The van der Waals surface area contributed by atoms with Crippen LogP contribution in [0.4, 0.5) is 0 Å². The standard InChI is InChI=1S/C12H27N/c1-8-13-12(7,9-10(2)3)11(4,5)6/h10,13H,8-9H2,1-7H3/t12-/m0/s1. The average molecular weight is 185 g/mol. The maximum Gasteiger partial charge on any atom is 0.0203 e. The number of rotatable bonds is 4. The van der Waals surface area contributed by atoms with Gasteiger partial charge in [0.25, 0.3) is 0 Å². The van der Waals surface area contributed by atoms with Crippen LogP contribution >= 0.6 is 0 Å². The van der Waals surface area contributed by atoms with E-state index in [2.05, 4.69) is 53.8 Å². The van der Waals surface area contributed by atoms with Crippen LogP contribution in [0.3, 0.4) is 0 Å². The summed E-state index contributed by atoms with van der Waals surface area (Å²) in [5, 5.41) is 3.63. The lowest BCUT2D eigenvalue weighted by molar-refractivity contribution is 0.130. The van der Waals surface area contributed by atoms with Crippen LogP contribution in [0.5, 0.6) is 0 Å².